The standard InChI is InChI=1S/C16H10Cl2F5N5O2/c1-27(8-3-2-7(19)11(17)12(8)20)14(29)9-5-24-15(30)28(9)10-4-6(16(21,22)23)13(18)26-25-10/h2-4,9H,5H2,1H3,(H,24,30)/t9-/m0/s1. The molecular formula is C16H10Cl2F5N5O2. The second-order valence-corrected chi connectivity index (χ2v) is 6.80. The summed E-state index contributed by atoms with van der Waals surface area (Å²) in [5.41, 5.74) is -1.76. The highest BCUT2D eigenvalue weighted by atomic mass is 35.5. The molecule has 1 aromatic carbocycles. The van der Waals surface area contributed by atoms with Crippen LogP contribution in [0.5, 0.6) is 0 Å². The molecule has 1 atom stereocenters. The number of hydrogen-bond acceptors (Lipinski definition) is 4. The number of urea groups is 1. The van der Waals surface area contributed by atoms with Crippen LogP contribution in [-0.2, 0) is 11.0 Å². The maximum Gasteiger partial charge on any atom is 0.419 e. The minimum Gasteiger partial charge on any atom is -0.335 e. The average Bonchev–Trinajstić information content (AvgIpc) is 3.06. The molecule has 0 unspecified atom stereocenters. The number of halogens is 7. The Morgan fingerprint density at radius 3 is 2.57 bits per heavy atom. The highest BCUT2D eigenvalue weighted by Crippen LogP contribution is 2.36. The molecule has 2 heterocycles. The number of likely N-dealkylation sites (N-methyl/N-ethyl adjacent to an activating group) is 1. The molecule has 1 aromatic heterocycles. The summed E-state index contributed by atoms with van der Waals surface area (Å²) in [4.78, 5) is 26.4. The van der Waals surface area contributed by atoms with Crippen molar-refractivity contribution in [2.75, 3.05) is 23.4 Å². The topological polar surface area (TPSA) is 78.4 Å². The molecule has 0 aliphatic carbocycles. The van der Waals surface area contributed by atoms with Gasteiger partial charge in [-0.25, -0.2) is 13.6 Å². The van der Waals surface area contributed by atoms with Crippen molar-refractivity contribution in [2.24, 2.45) is 0 Å². The van der Waals surface area contributed by atoms with E-state index in [-0.39, 0.29) is 6.54 Å². The number of hydrogen-bond donors (Lipinski definition) is 1. The van der Waals surface area contributed by atoms with Gasteiger partial charge in [-0.3, -0.25) is 9.69 Å². The molecule has 0 radical (unpaired) electrons. The van der Waals surface area contributed by atoms with Gasteiger partial charge in [-0.05, 0) is 18.2 Å². The Morgan fingerprint density at radius 2 is 1.93 bits per heavy atom. The van der Waals surface area contributed by atoms with E-state index in [4.69, 9.17) is 23.2 Å². The maximum absolute atomic E-state index is 14.3. The lowest BCUT2D eigenvalue weighted by Crippen LogP contribution is -2.47. The molecule has 7 nitrogen and oxygen atoms in total. The van der Waals surface area contributed by atoms with Crippen LogP contribution in [0.3, 0.4) is 0 Å². The van der Waals surface area contributed by atoms with Crippen LogP contribution >= 0.6 is 23.2 Å². The Morgan fingerprint density at radius 1 is 1.27 bits per heavy atom. The van der Waals surface area contributed by atoms with E-state index in [0.29, 0.717) is 11.0 Å². The van der Waals surface area contributed by atoms with Gasteiger partial charge in [0, 0.05) is 13.6 Å². The highest BCUT2D eigenvalue weighted by Gasteiger charge is 2.42. The summed E-state index contributed by atoms with van der Waals surface area (Å²) in [5.74, 6) is -3.76. The Kier molecular flexibility index (Phi) is 5.74. The first-order valence-corrected chi connectivity index (χ1v) is 8.77. The smallest absolute Gasteiger partial charge is 0.335 e. The van der Waals surface area contributed by atoms with Gasteiger partial charge in [0.25, 0.3) is 5.91 Å². The third-order valence-corrected chi connectivity index (χ3v) is 4.88. The summed E-state index contributed by atoms with van der Waals surface area (Å²) in [7, 11) is 1.13. The van der Waals surface area contributed by atoms with Crippen molar-refractivity contribution in [1.82, 2.24) is 15.5 Å². The van der Waals surface area contributed by atoms with Crippen LogP contribution < -0.4 is 15.1 Å². The third kappa shape index (κ3) is 3.84. The van der Waals surface area contributed by atoms with Gasteiger partial charge >= 0.3 is 12.2 Å². The van der Waals surface area contributed by atoms with E-state index < -0.39 is 63.0 Å². The van der Waals surface area contributed by atoms with Crippen LogP contribution in [0.25, 0.3) is 0 Å². The van der Waals surface area contributed by atoms with Crippen LogP contribution in [0.2, 0.25) is 10.2 Å². The van der Waals surface area contributed by atoms with E-state index in [1.165, 1.54) is 0 Å². The Hall–Kier alpha value is -2.73. The van der Waals surface area contributed by atoms with Gasteiger partial charge in [0.05, 0.1) is 11.3 Å². The van der Waals surface area contributed by atoms with Crippen molar-refractivity contribution in [3.63, 3.8) is 0 Å². The van der Waals surface area contributed by atoms with Crippen molar-refractivity contribution in [1.29, 1.82) is 0 Å². The van der Waals surface area contributed by atoms with Gasteiger partial charge in [0.15, 0.2) is 16.8 Å². The van der Waals surface area contributed by atoms with Crippen molar-refractivity contribution in [3.8, 4) is 0 Å². The zero-order valence-corrected chi connectivity index (χ0v) is 16.3. The Bertz CT molecular complexity index is 1040. The molecule has 1 aliphatic rings. The quantitative estimate of drug-likeness (QED) is 0.549. The molecule has 30 heavy (non-hydrogen) atoms. The number of carbonyl (C=O) groups excluding carboxylic acids is 2. The number of anilines is 2. The molecule has 0 saturated carbocycles. The summed E-state index contributed by atoms with van der Waals surface area (Å²) in [6.07, 6.45) is -4.89. The first-order valence-electron chi connectivity index (χ1n) is 8.02. The fourth-order valence-corrected chi connectivity index (χ4v) is 3.12. The minimum absolute atomic E-state index is 0.315. The first-order chi connectivity index (χ1) is 13.9. The predicted octanol–water partition coefficient (Wildman–Crippen LogP) is 3.64. The monoisotopic (exact) mass is 469 g/mol. The fourth-order valence-electron chi connectivity index (χ4n) is 2.76. The van der Waals surface area contributed by atoms with Crippen LogP contribution in [0, 0.1) is 11.6 Å². The molecule has 2 aromatic rings. The van der Waals surface area contributed by atoms with Crippen LogP contribution in [0.15, 0.2) is 18.2 Å². The maximum atomic E-state index is 14.3. The molecule has 1 saturated heterocycles. The summed E-state index contributed by atoms with van der Waals surface area (Å²) in [6.45, 7) is -0.315. The molecule has 1 N–H and O–H groups in total. The molecule has 1 aliphatic heterocycles. The van der Waals surface area contributed by atoms with Gasteiger partial charge in [-0.15, -0.1) is 10.2 Å². The zero-order valence-electron chi connectivity index (χ0n) is 14.8. The molecule has 0 bridgehead atoms. The van der Waals surface area contributed by atoms with E-state index in [9.17, 15) is 31.5 Å². The summed E-state index contributed by atoms with van der Waals surface area (Å²) in [5, 5.41) is 7.16. The van der Waals surface area contributed by atoms with Gasteiger partial charge in [0.1, 0.15) is 16.9 Å². The average molecular weight is 470 g/mol. The second-order valence-electron chi connectivity index (χ2n) is 6.07. The van der Waals surface area contributed by atoms with Crippen molar-refractivity contribution < 1.29 is 31.5 Å². The number of amides is 3. The molecule has 14 heteroatoms. The first kappa shape index (κ1) is 22.0. The van der Waals surface area contributed by atoms with Gasteiger partial charge < -0.3 is 10.2 Å². The number of carbonyl (C=O) groups is 2. The van der Waals surface area contributed by atoms with E-state index in [1.807, 2.05) is 0 Å². The lowest BCUT2D eigenvalue weighted by atomic mass is 10.2. The molecule has 3 amide bonds. The van der Waals surface area contributed by atoms with Crippen LogP contribution in [-0.4, -0.2) is 41.8 Å². The molecule has 1 fully saturated rings. The third-order valence-electron chi connectivity index (χ3n) is 4.26. The lowest BCUT2D eigenvalue weighted by molar-refractivity contribution is -0.137. The molecule has 3 rings (SSSR count). The van der Waals surface area contributed by atoms with Crippen LogP contribution in [0.4, 0.5) is 38.3 Å². The Labute approximate surface area is 175 Å². The number of benzene rings is 1. The van der Waals surface area contributed by atoms with Gasteiger partial charge in [-0.2, -0.15) is 13.2 Å². The van der Waals surface area contributed by atoms with Crippen LogP contribution in [0.1, 0.15) is 5.56 Å². The number of nitrogens with zero attached hydrogens (tertiary/aromatic N) is 4. The molecule has 160 valence electrons. The largest absolute Gasteiger partial charge is 0.419 e. The number of alkyl halides is 3. The zero-order chi connectivity index (χ0) is 22.4. The minimum atomic E-state index is -4.89. The van der Waals surface area contributed by atoms with Crippen molar-refractivity contribution in [3.05, 3.63) is 45.6 Å². The SMILES string of the molecule is CN(C(=O)[C@@H]1CNC(=O)N1c1cc(C(F)(F)F)c(Cl)nn1)c1ccc(F)c(Cl)c1F. The molecule has 0 spiro atoms. The van der Waals surface area contributed by atoms with E-state index >= 15 is 0 Å². The highest BCUT2D eigenvalue weighted by molar-refractivity contribution is 6.31. The normalized spacial score (nSPS) is 16.6. The predicted molar refractivity (Wildman–Crippen MR) is 96.5 cm³/mol. The molecular weight excluding hydrogens is 460 g/mol. The van der Waals surface area contributed by atoms with Crippen molar-refractivity contribution >= 4 is 46.6 Å². The summed E-state index contributed by atoms with van der Waals surface area (Å²) < 4.78 is 66.9. The number of nitrogens with one attached hydrogen (secondary N) is 1. The van der Waals surface area contributed by atoms with E-state index in [0.717, 1.165) is 24.1 Å². The van der Waals surface area contributed by atoms with Crippen molar-refractivity contribution in [2.45, 2.75) is 12.2 Å². The number of rotatable bonds is 3. The summed E-state index contributed by atoms with van der Waals surface area (Å²) >= 11 is 10.9. The van der Waals surface area contributed by atoms with Gasteiger partial charge in [0.2, 0.25) is 0 Å². The number of aromatic nitrogens is 2. The second kappa shape index (κ2) is 7.84. The fraction of sp³-hybridized carbons (Fsp3) is 0.250. The van der Waals surface area contributed by atoms with Gasteiger partial charge in [-0.1, -0.05) is 23.2 Å². The Balaban J connectivity index is 1.97. The van der Waals surface area contributed by atoms with E-state index in [1.54, 1.807) is 0 Å². The summed E-state index contributed by atoms with van der Waals surface area (Å²) in [6, 6.07) is -0.0741. The lowest BCUT2D eigenvalue weighted by Gasteiger charge is -2.26. The van der Waals surface area contributed by atoms with E-state index in [2.05, 4.69) is 15.5 Å².